The number of nitrogens with zero attached hydrogens (tertiary/aromatic N) is 7. The molecule has 5 fully saturated rings. The van der Waals surface area contributed by atoms with Crippen LogP contribution < -0.4 is 22.2 Å². The van der Waals surface area contributed by atoms with Gasteiger partial charge in [-0.1, -0.05) is 74.5 Å². The van der Waals surface area contributed by atoms with E-state index in [2.05, 4.69) is 108 Å². The first-order valence-electron chi connectivity index (χ1n) is 23.6. The fraction of sp³-hybridized carbons (Fsp3) is 0.542. The molecule has 2 aromatic heterocycles. The van der Waals surface area contributed by atoms with Crippen molar-refractivity contribution in [2.75, 3.05) is 52.6 Å². The number of aromatic nitrogens is 6. The van der Waals surface area contributed by atoms with Crippen LogP contribution in [0.5, 0.6) is 0 Å². The van der Waals surface area contributed by atoms with E-state index >= 15 is 0 Å². The van der Waals surface area contributed by atoms with Crippen LogP contribution in [0.3, 0.4) is 0 Å². The van der Waals surface area contributed by atoms with Crippen molar-refractivity contribution in [3.05, 3.63) is 116 Å². The zero-order valence-corrected chi connectivity index (χ0v) is 38.8. The highest BCUT2D eigenvalue weighted by Crippen LogP contribution is 2.32. The van der Waals surface area contributed by atoms with Gasteiger partial charge in [0.05, 0.1) is 12.5 Å². The van der Waals surface area contributed by atoms with Gasteiger partial charge < -0.3 is 35.3 Å². The third-order valence-corrected chi connectivity index (χ3v) is 13.1. The van der Waals surface area contributed by atoms with Crippen molar-refractivity contribution < 1.29 is 33.5 Å². The van der Waals surface area contributed by atoms with E-state index in [1.54, 1.807) is 0 Å². The van der Waals surface area contributed by atoms with Crippen LogP contribution in [0.1, 0.15) is 98.4 Å². The molecule has 20 heteroatoms. The first-order chi connectivity index (χ1) is 32.9. The van der Waals surface area contributed by atoms with Crippen LogP contribution in [0, 0.1) is 23.7 Å². The fourth-order valence-corrected chi connectivity index (χ4v) is 9.15. The Kier molecular flexibility index (Phi) is 17.8. The third kappa shape index (κ3) is 13.6. The largest absolute Gasteiger partial charge is 0.381 e. The van der Waals surface area contributed by atoms with Crippen LogP contribution in [-0.4, -0.2) is 122 Å². The molecule has 0 aliphatic carbocycles. The molecule has 7 heterocycles. The molecule has 0 radical (unpaired) electrons. The van der Waals surface area contributed by atoms with Crippen LogP contribution in [0.25, 0.3) is 0 Å². The molecule has 20 nitrogen and oxygen atoms in total. The van der Waals surface area contributed by atoms with E-state index < -0.39 is 17.8 Å². The first kappa shape index (κ1) is 49.8. The second kappa shape index (κ2) is 24.3. The minimum atomic E-state index is -0.507. The maximum atomic E-state index is 12.5. The van der Waals surface area contributed by atoms with Gasteiger partial charge in [0.1, 0.15) is 23.0 Å². The molecule has 0 bridgehead atoms. The van der Waals surface area contributed by atoms with E-state index in [1.165, 1.54) is 11.1 Å². The van der Waals surface area contributed by atoms with Gasteiger partial charge in [0, 0.05) is 103 Å². The average molecular weight is 938 g/mol. The number of rotatable bonds is 12. The van der Waals surface area contributed by atoms with Crippen molar-refractivity contribution in [1.29, 1.82) is 0 Å². The number of nitrogens with two attached hydrogens (primary N) is 1. The number of H-pyrrole nitrogens is 2. The highest BCUT2D eigenvalue weighted by Gasteiger charge is 2.36. The second-order valence-electron chi connectivity index (χ2n) is 18.2. The number of hydrogen-bond acceptors (Lipinski definition) is 16. The van der Waals surface area contributed by atoms with Crippen LogP contribution in [0.4, 0.5) is 0 Å². The van der Waals surface area contributed by atoms with Gasteiger partial charge in [-0.2, -0.15) is 0 Å². The minimum Gasteiger partial charge on any atom is -0.381 e. The molecular formula is C48H63N11O9. The van der Waals surface area contributed by atoms with Gasteiger partial charge in [-0.05, 0) is 48.6 Å². The van der Waals surface area contributed by atoms with Crippen molar-refractivity contribution in [2.45, 2.75) is 90.4 Å². The molecule has 68 heavy (non-hydrogen) atoms. The number of aromatic amines is 2. The lowest BCUT2D eigenvalue weighted by atomic mass is 9.97. The molecular weight excluding hydrogens is 875 g/mol. The number of nitrogens with one attached hydrogen (secondary N) is 3. The maximum Gasteiger partial charge on any atom is 0.336 e. The highest BCUT2D eigenvalue weighted by molar-refractivity contribution is 6.01. The summed E-state index contributed by atoms with van der Waals surface area (Å²) < 4.78 is 10.4. The first-order valence-corrected chi connectivity index (χ1v) is 23.6. The summed E-state index contributed by atoms with van der Waals surface area (Å²) in [5.74, 6) is 0.681. The Hall–Kier alpha value is -6.06. The van der Waals surface area contributed by atoms with E-state index in [1.807, 2.05) is 12.1 Å². The molecule has 5 aliphatic rings. The van der Waals surface area contributed by atoms with E-state index in [0.29, 0.717) is 80.7 Å². The standard InChI is InChI=1S/C22H29N5O3.C16H21N5O.C10H13NO5/c1-15-12-27(13-16-5-3-2-4-6-16)14-18(15)20-24-22(29)19(25-26-20)11-23-21(28)17-7-9-30-10-8-17;1-11-8-21(9-12-5-3-2-4-6-12)10-13(11)15-18-16(22)14(7-17)19-20-15;12-8-1-2-9(13)11(8)16-10(14)7-3-5-15-6-4-7/h2-6,15,17-18H,7-14H2,1H3,(H,23,28)(H,24,26,29);2-6,11,13H,7-10,17H2,1H3,(H,18,20,22);7H,1-6H2/t15-,18?;11-,13?;/m11./s1. The minimum absolute atomic E-state index is 0.0513. The Morgan fingerprint density at radius 1 is 0.662 bits per heavy atom. The topological polar surface area (TPSA) is 261 Å². The van der Waals surface area contributed by atoms with Gasteiger partial charge in [-0.25, -0.2) is 4.79 Å². The Morgan fingerprint density at radius 2 is 1.12 bits per heavy atom. The summed E-state index contributed by atoms with van der Waals surface area (Å²) in [6.45, 7) is 12.3. The highest BCUT2D eigenvalue weighted by atomic mass is 16.7. The lowest BCUT2D eigenvalue weighted by molar-refractivity contribution is -0.202. The van der Waals surface area contributed by atoms with E-state index in [4.69, 9.17) is 20.0 Å². The maximum absolute atomic E-state index is 12.5. The predicted octanol–water partition coefficient (Wildman–Crippen LogP) is 2.32. The van der Waals surface area contributed by atoms with Crippen molar-refractivity contribution >= 4 is 23.7 Å². The van der Waals surface area contributed by atoms with Gasteiger partial charge in [0.15, 0.2) is 0 Å². The molecule has 0 saturated carbocycles. The summed E-state index contributed by atoms with van der Waals surface area (Å²) >= 11 is 0. The lowest BCUT2D eigenvalue weighted by Gasteiger charge is -2.22. The number of imide groups is 1. The van der Waals surface area contributed by atoms with Crippen molar-refractivity contribution in [2.24, 2.45) is 29.4 Å². The average Bonchev–Trinajstić information content (AvgIpc) is 4.03. The predicted molar refractivity (Wildman–Crippen MR) is 247 cm³/mol. The van der Waals surface area contributed by atoms with E-state index in [-0.39, 0.29) is 78.0 Å². The normalized spacial score (nSPS) is 22.5. The smallest absolute Gasteiger partial charge is 0.336 e. The van der Waals surface area contributed by atoms with Crippen molar-refractivity contribution in [1.82, 2.24) is 50.5 Å². The number of benzene rings is 2. The van der Waals surface area contributed by atoms with Gasteiger partial charge in [0.2, 0.25) is 5.91 Å². The zero-order valence-electron chi connectivity index (χ0n) is 38.8. The molecule has 4 atom stereocenters. The SMILES string of the molecule is C[C@@H]1CN(Cc2ccccc2)CC1c1nnc(CN)c(=O)[nH]1.C[C@@H]1CN(Cc2ccccc2)CC1c1nnc(CNC(=O)C2CCOCC2)c(=O)[nH]1.O=C(ON1C(=O)CCC1=O)C1CCOCC1. The van der Waals surface area contributed by atoms with E-state index in [9.17, 15) is 28.8 Å². The molecule has 5 N–H and O–H groups in total. The molecule has 364 valence electrons. The summed E-state index contributed by atoms with van der Waals surface area (Å²) in [4.78, 5) is 86.0. The van der Waals surface area contributed by atoms with Crippen LogP contribution in [0.15, 0.2) is 70.3 Å². The molecule has 4 aromatic rings. The van der Waals surface area contributed by atoms with Crippen LogP contribution >= 0.6 is 0 Å². The summed E-state index contributed by atoms with van der Waals surface area (Å²) in [6.07, 6.45) is 2.83. The molecule has 2 unspecified atom stereocenters. The molecule has 5 saturated heterocycles. The molecule has 3 amide bonds. The summed E-state index contributed by atoms with van der Waals surface area (Å²) in [5.41, 5.74) is 8.07. The second-order valence-corrected chi connectivity index (χ2v) is 18.2. The Labute approximate surface area is 394 Å². The zero-order chi connectivity index (χ0) is 48.0. The molecule has 0 spiro atoms. The number of ether oxygens (including phenoxy) is 2. The monoisotopic (exact) mass is 937 g/mol. The van der Waals surface area contributed by atoms with Crippen LogP contribution in [0.2, 0.25) is 0 Å². The van der Waals surface area contributed by atoms with Gasteiger partial charge in [0.25, 0.3) is 22.9 Å². The third-order valence-electron chi connectivity index (χ3n) is 13.1. The van der Waals surface area contributed by atoms with Gasteiger partial charge in [-0.3, -0.25) is 33.8 Å². The van der Waals surface area contributed by atoms with E-state index in [0.717, 1.165) is 39.3 Å². The lowest BCUT2D eigenvalue weighted by Crippen LogP contribution is -2.36. The molecule has 2 aromatic carbocycles. The number of likely N-dealkylation sites (tertiary alicyclic amines) is 2. The van der Waals surface area contributed by atoms with Crippen LogP contribution in [-0.2, 0) is 59.7 Å². The molecule has 5 aliphatic heterocycles. The Morgan fingerprint density at radius 3 is 1.57 bits per heavy atom. The summed E-state index contributed by atoms with van der Waals surface area (Å²) in [6, 6.07) is 20.8. The number of hydrogen-bond donors (Lipinski definition) is 4. The number of carbonyl (C=O) groups is 4. The number of hydroxylamine groups is 2. The Balaban J connectivity index is 0.000000159. The fourth-order valence-electron chi connectivity index (χ4n) is 9.15. The summed E-state index contributed by atoms with van der Waals surface area (Å²) in [5, 5.41) is 20.0. The Bertz CT molecular complexity index is 2410. The van der Waals surface area contributed by atoms with Crippen molar-refractivity contribution in [3.8, 4) is 0 Å². The van der Waals surface area contributed by atoms with Gasteiger partial charge >= 0.3 is 5.97 Å². The molecule has 9 rings (SSSR count). The van der Waals surface area contributed by atoms with Crippen molar-refractivity contribution in [3.63, 3.8) is 0 Å². The van der Waals surface area contributed by atoms with Gasteiger partial charge in [-0.15, -0.1) is 25.5 Å². The summed E-state index contributed by atoms with van der Waals surface area (Å²) in [7, 11) is 0. The number of amides is 3. The number of carbonyl (C=O) groups excluding carboxylic acids is 4. The quantitative estimate of drug-likeness (QED) is 0.149.